The summed E-state index contributed by atoms with van der Waals surface area (Å²) in [6, 6.07) is 0. The molecule has 0 aliphatic heterocycles. The van der Waals surface area contributed by atoms with E-state index < -0.39 is 57.7 Å². The lowest BCUT2D eigenvalue weighted by molar-refractivity contribution is -0.143. The number of rotatable bonds is 0. The number of pyridine rings is 1. The van der Waals surface area contributed by atoms with Gasteiger partial charge in [0.15, 0.2) is 34.8 Å². The van der Waals surface area contributed by atoms with Gasteiger partial charge in [-0.2, -0.15) is 17.6 Å². The second-order valence-electron chi connectivity index (χ2n) is 3.57. The molecule has 1 heterocycles. The summed E-state index contributed by atoms with van der Waals surface area (Å²) in [6.07, 6.45) is -5.53. The van der Waals surface area contributed by atoms with Gasteiger partial charge in [-0.05, 0) is 0 Å². The second-order valence-corrected chi connectivity index (χ2v) is 3.57. The van der Waals surface area contributed by atoms with Crippen LogP contribution in [0.5, 0.6) is 0 Å². The lowest BCUT2D eigenvalue weighted by Gasteiger charge is -2.11. The van der Waals surface area contributed by atoms with Crippen molar-refractivity contribution in [2.24, 2.45) is 0 Å². The topological polar surface area (TPSA) is 12.9 Å². The summed E-state index contributed by atoms with van der Waals surface area (Å²) in [5.74, 6) is -14.8. The summed E-state index contributed by atoms with van der Waals surface area (Å²) in [5.41, 5.74) is -2.51. The Labute approximate surface area is 103 Å². The molecule has 0 aliphatic carbocycles. The quantitative estimate of drug-likeness (QED) is 0.309. The molecule has 0 radical (unpaired) electrons. The molecule has 2 rings (SSSR count). The Balaban J connectivity index is 3.10. The SMILES string of the molecule is Fc1c(F)c(F)c2c(F)c(C(F)(F)F)nc(F)c2c1F. The predicted octanol–water partition coefficient (Wildman–Crippen LogP) is 4.09. The molecule has 1 aromatic heterocycles. The Morgan fingerprint density at radius 2 is 1.05 bits per heavy atom. The molecule has 1 nitrogen and oxygen atoms in total. The van der Waals surface area contributed by atoms with Crippen LogP contribution in [0, 0.1) is 35.0 Å². The van der Waals surface area contributed by atoms with E-state index in [1.165, 1.54) is 0 Å². The first-order valence-electron chi connectivity index (χ1n) is 4.65. The number of aromatic nitrogens is 1. The van der Waals surface area contributed by atoms with Crippen molar-refractivity contribution >= 4 is 10.8 Å². The summed E-state index contributed by atoms with van der Waals surface area (Å²) in [6.45, 7) is 0. The average Bonchev–Trinajstić information content (AvgIpc) is 2.34. The lowest BCUT2D eigenvalue weighted by atomic mass is 10.1. The van der Waals surface area contributed by atoms with E-state index in [-0.39, 0.29) is 0 Å². The fourth-order valence-electron chi connectivity index (χ4n) is 1.54. The minimum atomic E-state index is -5.53. The molecular weight excluding hydrogens is 305 g/mol. The van der Waals surface area contributed by atoms with Gasteiger partial charge in [-0.25, -0.2) is 26.9 Å². The highest BCUT2D eigenvalue weighted by atomic mass is 19.4. The van der Waals surface area contributed by atoms with Crippen LogP contribution in [-0.2, 0) is 6.18 Å². The van der Waals surface area contributed by atoms with Crippen LogP contribution < -0.4 is 0 Å². The van der Waals surface area contributed by atoms with Crippen molar-refractivity contribution in [3.05, 3.63) is 40.7 Å². The summed E-state index contributed by atoms with van der Waals surface area (Å²) in [7, 11) is 0. The lowest BCUT2D eigenvalue weighted by Crippen LogP contribution is -2.15. The maximum Gasteiger partial charge on any atom is 0.436 e. The van der Waals surface area contributed by atoms with E-state index in [4.69, 9.17) is 0 Å². The fraction of sp³-hybridized carbons (Fsp3) is 0.100. The molecule has 0 amide bonds. The van der Waals surface area contributed by atoms with Gasteiger partial charge in [0, 0.05) is 0 Å². The minimum Gasteiger partial charge on any atom is -0.211 e. The molecule has 10 heteroatoms. The number of halogens is 9. The number of fused-ring (bicyclic) bond motifs is 1. The first kappa shape index (κ1) is 14.4. The van der Waals surface area contributed by atoms with E-state index >= 15 is 0 Å². The zero-order valence-electron chi connectivity index (χ0n) is 8.85. The molecule has 0 N–H and O–H groups in total. The molecule has 0 fully saturated rings. The molecule has 20 heavy (non-hydrogen) atoms. The van der Waals surface area contributed by atoms with Crippen molar-refractivity contribution in [3.63, 3.8) is 0 Å². The predicted molar refractivity (Wildman–Crippen MR) is 46.5 cm³/mol. The number of hydrogen-bond acceptors (Lipinski definition) is 1. The third-order valence-electron chi connectivity index (χ3n) is 2.38. The second kappa shape index (κ2) is 4.25. The van der Waals surface area contributed by atoms with Crippen molar-refractivity contribution in [2.45, 2.75) is 6.18 Å². The van der Waals surface area contributed by atoms with Crippen LogP contribution in [0.2, 0.25) is 0 Å². The van der Waals surface area contributed by atoms with Gasteiger partial charge in [0.1, 0.15) is 0 Å². The van der Waals surface area contributed by atoms with Gasteiger partial charge in [0.25, 0.3) is 0 Å². The normalized spacial score (nSPS) is 12.2. The average molecular weight is 305 g/mol. The van der Waals surface area contributed by atoms with Gasteiger partial charge >= 0.3 is 6.18 Å². The summed E-state index contributed by atoms with van der Waals surface area (Å²) < 4.78 is 116. The number of benzene rings is 1. The Bertz CT molecular complexity index is 719. The van der Waals surface area contributed by atoms with Crippen molar-refractivity contribution < 1.29 is 39.5 Å². The van der Waals surface area contributed by atoms with E-state index in [1.54, 1.807) is 0 Å². The molecular formula is C10F9N. The maximum atomic E-state index is 13.5. The van der Waals surface area contributed by atoms with Crippen molar-refractivity contribution in [3.8, 4) is 0 Å². The van der Waals surface area contributed by atoms with Crippen LogP contribution in [0.15, 0.2) is 0 Å². The number of hydrogen-bond donors (Lipinski definition) is 0. The highest BCUT2D eigenvalue weighted by molar-refractivity contribution is 5.85. The molecule has 0 spiro atoms. The monoisotopic (exact) mass is 305 g/mol. The molecule has 0 saturated carbocycles. The Morgan fingerprint density at radius 3 is 1.50 bits per heavy atom. The first-order valence-corrected chi connectivity index (χ1v) is 4.65. The third kappa shape index (κ3) is 1.86. The van der Waals surface area contributed by atoms with Gasteiger partial charge in [0.05, 0.1) is 10.8 Å². The molecule has 108 valence electrons. The molecule has 0 aliphatic rings. The van der Waals surface area contributed by atoms with Gasteiger partial charge in [-0.3, -0.25) is 0 Å². The highest BCUT2D eigenvalue weighted by Gasteiger charge is 2.40. The third-order valence-corrected chi connectivity index (χ3v) is 2.38. The van der Waals surface area contributed by atoms with Crippen LogP contribution in [0.4, 0.5) is 39.5 Å². The van der Waals surface area contributed by atoms with E-state index in [0.29, 0.717) is 0 Å². The Morgan fingerprint density at radius 1 is 0.600 bits per heavy atom. The van der Waals surface area contributed by atoms with E-state index in [9.17, 15) is 39.5 Å². The molecule has 0 unspecified atom stereocenters. The van der Waals surface area contributed by atoms with Crippen LogP contribution in [0.25, 0.3) is 10.8 Å². The summed E-state index contributed by atoms with van der Waals surface area (Å²) in [5, 5.41) is -3.84. The highest BCUT2D eigenvalue weighted by Crippen LogP contribution is 2.36. The maximum absolute atomic E-state index is 13.5. The number of alkyl halides is 3. The Hall–Kier alpha value is -2.00. The van der Waals surface area contributed by atoms with Gasteiger partial charge < -0.3 is 0 Å². The van der Waals surface area contributed by atoms with Crippen LogP contribution >= 0.6 is 0 Å². The zero-order valence-corrected chi connectivity index (χ0v) is 8.85. The van der Waals surface area contributed by atoms with Crippen molar-refractivity contribution in [2.75, 3.05) is 0 Å². The zero-order chi connectivity index (χ0) is 15.4. The molecule has 1 aromatic carbocycles. The molecule has 0 bridgehead atoms. The van der Waals surface area contributed by atoms with E-state index in [1.807, 2.05) is 0 Å². The molecule has 2 aromatic rings. The molecule has 0 atom stereocenters. The van der Waals surface area contributed by atoms with E-state index in [2.05, 4.69) is 4.98 Å². The van der Waals surface area contributed by atoms with Gasteiger partial charge in [-0.1, -0.05) is 0 Å². The first-order chi connectivity index (χ1) is 9.07. The van der Waals surface area contributed by atoms with Crippen LogP contribution in [-0.4, -0.2) is 4.98 Å². The summed E-state index contributed by atoms with van der Waals surface area (Å²) >= 11 is 0. The van der Waals surface area contributed by atoms with E-state index in [0.717, 1.165) is 0 Å². The van der Waals surface area contributed by atoms with Crippen LogP contribution in [0.1, 0.15) is 5.69 Å². The van der Waals surface area contributed by atoms with Crippen molar-refractivity contribution in [1.29, 1.82) is 0 Å². The largest absolute Gasteiger partial charge is 0.436 e. The minimum absolute atomic E-state index is 1.84. The van der Waals surface area contributed by atoms with Gasteiger partial charge in [-0.15, -0.1) is 0 Å². The number of nitrogens with zero attached hydrogens (tertiary/aromatic N) is 1. The standard InChI is InChI=1S/C10F9N/c11-3-1-2(4(12)7(15)6(3)14)9(16)20-8(5(1)13)10(17,18)19. The smallest absolute Gasteiger partial charge is 0.211 e. The van der Waals surface area contributed by atoms with Crippen LogP contribution in [0.3, 0.4) is 0 Å². The summed E-state index contributed by atoms with van der Waals surface area (Å²) in [4.78, 5) is 2.08. The van der Waals surface area contributed by atoms with Crippen molar-refractivity contribution in [1.82, 2.24) is 4.98 Å². The fourth-order valence-corrected chi connectivity index (χ4v) is 1.54. The Kier molecular flexibility index (Phi) is 3.06. The molecule has 0 saturated heterocycles. The van der Waals surface area contributed by atoms with Gasteiger partial charge in [0.2, 0.25) is 5.95 Å².